The minimum Gasteiger partial charge on any atom is -0.507 e. The number of hydrogen-bond donors (Lipinski definition) is 1. The lowest BCUT2D eigenvalue weighted by Gasteiger charge is -2.23. The van der Waals surface area contributed by atoms with Gasteiger partial charge in [0.2, 0.25) is 0 Å². The van der Waals surface area contributed by atoms with Crippen LogP contribution < -0.4 is 0 Å². The maximum absolute atomic E-state index is 9.70. The summed E-state index contributed by atoms with van der Waals surface area (Å²) in [6, 6.07) is 4.22. The van der Waals surface area contributed by atoms with Crippen LogP contribution in [0.25, 0.3) is 0 Å². The number of benzene rings is 1. The third kappa shape index (κ3) is 2.15. The molecule has 2 heteroatoms. The van der Waals surface area contributed by atoms with Gasteiger partial charge in [0.25, 0.3) is 0 Å². The van der Waals surface area contributed by atoms with Crippen LogP contribution in [0.5, 0.6) is 5.75 Å². The van der Waals surface area contributed by atoms with Crippen LogP contribution in [0, 0.1) is 13.8 Å². The van der Waals surface area contributed by atoms with Crippen LogP contribution in [-0.4, -0.2) is 18.3 Å². The zero-order valence-corrected chi connectivity index (χ0v) is 9.42. The number of ether oxygens (including phenoxy) is 1. The summed E-state index contributed by atoms with van der Waals surface area (Å²) in [5, 5.41) is 9.70. The molecule has 1 N–H and O–H groups in total. The third-order valence-electron chi connectivity index (χ3n) is 3.21. The molecule has 0 saturated carbocycles. The average Bonchev–Trinajstić information content (AvgIpc) is 2.26. The van der Waals surface area contributed by atoms with Crippen LogP contribution in [0.4, 0.5) is 0 Å². The predicted molar refractivity (Wildman–Crippen MR) is 60.4 cm³/mol. The third-order valence-corrected chi connectivity index (χ3v) is 3.21. The lowest BCUT2D eigenvalue weighted by Crippen LogP contribution is -2.14. The molecule has 0 amide bonds. The van der Waals surface area contributed by atoms with Gasteiger partial charge in [0.15, 0.2) is 0 Å². The highest BCUT2D eigenvalue weighted by atomic mass is 16.5. The maximum Gasteiger partial charge on any atom is 0.121 e. The summed E-state index contributed by atoms with van der Waals surface area (Å²) in [6.07, 6.45) is 2.20. The highest BCUT2D eigenvalue weighted by Gasteiger charge is 2.17. The van der Waals surface area contributed by atoms with Gasteiger partial charge in [-0.2, -0.15) is 0 Å². The maximum atomic E-state index is 9.70. The summed E-state index contributed by atoms with van der Waals surface area (Å²) in [6.45, 7) is 5.66. The van der Waals surface area contributed by atoms with E-state index in [-0.39, 0.29) is 0 Å². The quantitative estimate of drug-likeness (QED) is 0.765. The number of phenols is 1. The Morgan fingerprint density at radius 1 is 1.13 bits per heavy atom. The van der Waals surface area contributed by atoms with Crippen molar-refractivity contribution >= 4 is 0 Å². The fraction of sp³-hybridized carbons (Fsp3) is 0.538. The number of aromatic hydroxyl groups is 1. The van der Waals surface area contributed by atoms with Gasteiger partial charge in [-0.15, -0.1) is 0 Å². The SMILES string of the molecule is Cc1cc(C2CCOCC2)cc(C)c1O. The van der Waals surface area contributed by atoms with E-state index < -0.39 is 0 Å². The summed E-state index contributed by atoms with van der Waals surface area (Å²) in [5.74, 6) is 1.04. The molecule has 82 valence electrons. The largest absolute Gasteiger partial charge is 0.507 e. The molecule has 1 aromatic rings. The van der Waals surface area contributed by atoms with Crippen molar-refractivity contribution in [3.8, 4) is 5.75 Å². The van der Waals surface area contributed by atoms with Crippen LogP contribution in [-0.2, 0) is 4.74 Å². The number of phenolic OH excluding ortho intramolecular Hbond substituents is 1. The fourth-order valence-electron chi connectivity index (χ4n) is 2.26. The Kier molecular flexibility index (Phi) is 2.96. The molecule has 2 nitrogen and oxygen atoms in total. The van der Waals surface area contributed by atoms with E-state index >= 15 is 0 Å². The molecule has 0 spiro atoms. The highest BCUT2D eigenvalue weighted by molar-refractivity contribution is 5.43. The van der Waals surface area contributed by atoms with E-state index in [2.05, 4.69) is 12.1 Å². The van der Waals surface area contributed by atoms with E-state index in [1.54, 1.807) is 0 Å². The molecule has 1 aliphatic heterocycles. The van der Waals surface area contributed by atoms with Crippen LogP contribution in [0.3, 0.4) is 0 Å². The van der Waals surface area contributed by atoms with Gasteiger partial charge in [-0.05, 0) is 49.3 Å². The van der Waals surface area contributed by atoms with E-state index in [9.17, 15) is 5.11 Å². The zero-order valence-electron chi connectivity index (χ0n) is 9.42. The second kappa shape index (κ2) is 4.23. The Morgan fingerprint density at radius 3 is 2.20 bits per heavy atom. The first-order valence-electron chi connectivity index (χ1n) is 5.56. The van der Waals surface area contributed by atoms with Crippen LogP contribution in [0.15, 0.2) is 12.1 Å². The van der Waals surface area contributed by atoms with Gasteiger partial charge in [0.05, 0.1) is 0 Å². The van der Waals surface area contributed by atoms with Gasteiger partial charge in [0, 0.05) is 13.2 Å². The number of hydrogen-bond acceptors (Lipinski definition) is 2. The minimum atomic E-state index is 0.436. The van der Waals surface area contributed by atoms with E-state index in [1.165, 1.54) is 5.56 Å². The topological polar surface area (TPSA) is 29.5 Å². The minimum absolute atomic E-state index is 0.436. The first kappa shape index (κ1) is 10.5. The molecule has 0 bridgehead atoms. The van der Waals surface area contributed by atoms with Crippen molar-refractivity contribution in [1.82, 2.24) is 0 Å². The molecule has 1 aromatic carbocycles. The first-order chi connectivity index (χ1) is 7.18. The summed E-state index contributed by atoms with van der Waals surface area (Å²) in [5.41, 5.74) is 3.32. The van der Waals surface area contributed by atoms with Crippen molar-refractivity contribution in [2.24, 2.45) is 0 Å². The lowest BCUT2D eigenvalue weighted by molar-refractivity contribution is 0.0853. The number of aryl methyl sites for hydroxylation is 2. The molecule has 0 aliphatic carbocycles. The van der Waals surface area contributed by atoms with E-state index in [1.807, 2.05) is 13.8 Å². The number of rotatable bonds is 1. The average molecular weight is 206 g/mol. The molecule has 0 atom stereocenters. The fourth-order valence-corrected chi connectivity index (χ4v) is 2.26. The molecule has 1 fully saturated rings. The zero-order chi connectivity index (χ0) is 10.8. The Hall–Kier alpha value is -1.02. The van der Waals surface area contributed by atoms with Gasteiger partial charge in [0.1, 0.15) is 5.75 Å². The summed E-state index contributed by atoms with van der Waals surface area (Å²) >= 11 is 0. The monoisotopic (exact) mass is 206 g/mol. The Labute approximate surface area is 90.9 Å². The van der Waals surface area contributed by atoms with Gasteiger partial charge < -0.3 is 9.84 Å². The molecule has 0 unspecified atom stereocenters. The van der Waals surface area contributed by atoms with Crippen LogP contribution >= 0.6 is 0 Å². The van der Waals surface area contributed by atoms with E-state index in [0.717, 1.165) is 37.2 Å². The van der Waals surface area contributed by atoms with Crippen molar-refractivity contribution < 1.29 is 9.84 Å². The summed E-state index contributed by atoms with van der Waals surface area (Å²) < 4.78 is 5.36. The Morgan fingerprint density at radius 2 is 1.67 bits per heavy atom. The second-order valence-electron chi connectivity index (χ2n) is 4.39. The summed E-state index contributed by atoms with van der Waals surface area (Å²) in [4.78, 5) is 0. The van der Waals surface area contributed by atoms with Crippen molar-refractivity contribution in [2.45, 2.75) is 32.6 Å². The van der Waals surface area contributed by atoms with Crippen molar-refractivity contribution in [2.75, 3.05) is 13.2 Å². The Bertz CT molecular complexity index is 329. The highest BCUT2D eigenvalue weighted by Crippen LogP contribution is 2.31. The molecule has 0 aromatic heterocycles. The van der Waals surface area contributed by atoms with Gasteiger partial charge >= 0.3 is 0 Å². The van der Waals surface area contributed by atoms with E-state index in [4.69, 9.17) is 4.74 Å². The molecular weight excluding hydrogens is 188 g/mol. The molecule has 1 aliphatic rings. The normalized spacial score (nSPS) is 18.0. The van der Waals surface area contributed by atoms with Crippen molar-refractivity contribution in [1.29, 1.82) is 0 Å². The van der Waals surface area contributed by atoms with Gasteiger partial charge in [-0.1, -0.05) is 12.1 Å². The molecule has 1 heterocycles. The standard InChI is InChI=1S/C13H18O2/c1-9-7-12(8-10(2)13(9)14)11-3-5-15-6-4-11/h7-8,11,14H,3-6H2,1-2H3. The van der Waals surface area contributed by atoms with Crippen molar-refractivity contribution in [3.05, 3.63) is 28.8 Å². The first-order valence-corrected chi connectivity index (χ1v) is 5.56. The van der Waals surface area contributed by atoms with Gasteiger partial charge in [-0.3, -0.25) is 0 Å². The molecule has 0 radical (unpaired) electrons. The molecule has 15 heavy (non-hydrogen) atoms. The summed E-state index contributed by atoms with van der Waals surface area (Å²) in [7, 11) is 0. The van der Waals surface area contributed by atoms with Crippen LogP contribution in [0.2, 0.25) is 0 Å². The van der Waals surface area contributed by atoms with E-state index in [0.29, 0.717) is 11.7 Å². The molecule has 2 rings (SSSR count). The Balaban J connectivity index is 2.27. The van der Waals surface area contributed by atoms with Crippen molar-refractivity contribution in [3.63, 3.8) is 0 Å². The molecule has 1 saturated heterocycles. The van der Waals surface area contributed by atoms with Crippen LogP contribution in [0.1, 0.15) is 35.4 Å². The predicted octanol–water partition coefficient (Wildman–Crippen LogP) is 2.90. The smallest absolute Gasteiger partial charge is 0.121 e. The second-order valence-corrected chi connectivity index (χ2v) is 4.39. The lowest BCUT2D eigenvalue weighted by atomic mass is 9.89. The molecular formula is C13H18O2. The van der Waals surface area contributed by atoms with Gasteiger partial charge in [-0.25, -0.2) is 0 Å².